The molecule has 2 heterocycles. The zero-order valence-corrected chi connectivity index (χ0v) is 11.6. The number of benzene rings is 1. The molecular formula is C15H20F2N2O. The summed E-state index contributed by atoms with van der Waals surface area (Å²) in [6.45, 7) is 4.92. The molecular weight excluding hydrogens is 262 g/mol. The molecule has 0 radical (unpaired) electrons. The van der Waals surface area contributed by atoms with Crippen LogP contribution in [0.1, 0.15) is 18.9 Å². The minimum absolute atomic E-state index is 0.252. The first kappa shape index (κ1) is 13.9. The lowest BCUT2D eigenvalue weighted by atomic mass is 10.1. The first-order chi connectivity index (χ1) is 9.52. The van der Waals surface area contributed by atoms with Crippen LogP contribution in [0.5, 0.6) is 0 Å². The van der Waals surface area contributed by atoms with Crippen molar-refractivity contribution in [2.24, 2.45) is 0 Å². The zero-order valence-electron chi connectivity index (χ0n) is 11.6. The Balaban J connectivity index is 1.72. The molecule has 2 aliphatic heterocycles. The number of hydrogen-bond donors (Lipinski definition) is 1. The summed E-state index contributed by atoms with van der Waals surface area (Å²) in [4.78, 5) is 4.48. The van der Waals surface area contributed by atoms with Crippen LogP contribution >= 0.6 is 0 Å². The minimum Gasteiger partial charge on any atom is -0.392 e. The van der Waals surface area contributed by atoms with Crippen LogP contribution in [-0.4, -0.2) is 52.7 Å². The topological polar surface area (TPSA) is 26.7 Å². The van der Waals surface area contributed by atoms with E-state index in [2.05, 4.69) is 16.7 Å². The predicted octanol–water partition coefficient (Wildman–Crippen LogP) is 1.60. The van der Waals surface area contributed by atoms with E-state index < -0.39 is 5.82 Å². The standard InChI is InChI=1S/C15H20F2N2O/c1-10-6-19-9-14(20)5-13(19)8-18(10)7-11-4-12(16)2-3-15(11)17/h2-4,10,13-14,20H,5-9H2,1H3/t10-,13?,14-/m1/s1. The van der Waals surface area contributed by atoms with Gasteiger partial charge in [-0.15, -0.1) is 0 Å². The summed E-state index contributed by atoms with van der Waals surface area (Å²) in [6.07, 6.45) is 0.521. The van der Waals surface area contributed by atoms with E-state index in [-0.39, 0.29) is 18.0 Å². The van der Waals surface area contributed by atoms with Crippen molar-refractivity contribution in [1.82, 2.24) is 9.80 Å². The summed E-state index contributed by atoms with van der Waals surface area (Å²) >= 11 is 0. The Bertz CT molecular complexity index is 497. The van der Waals surface area contributed by atoms with Gasteiger partial charge >= 0.3 is 0 Å². The van der Waals surface area contributed by atoms with Gasteiger partial charge in [0.05, 0.1) is 6.10 Å². The van der Waals surface area contributed by atoms with Crippen molar-refractivity contribution in [3.8, 4) is 0 Å². The summed E-state index contributed by atoms with van der Waals surface area (Å²) < 4.78 is 27.0. The van der Waals surface area contributed by atoms with E-state index in [1.165, 1.54) is 12.1 Å². The first-order valence-corrected chi connectivity index (χ1v) is 7.13. The third-order valence-electron chi connectivity index (χ3n) is 4.45. The summed E-state index contributed by atoms with van der Waals surface area (Å²) in [5.74, 6) is -0.753. The molecule has 0 spiro atoms. The van der Waals surface area contributed by atoms with Gasteiger partial charge in [0.2, 0.25) is 0 Å². The SMILES string of the molecule is C[C@@H]1CN2C[C@H](O)CC2CN1Cc1cc(F)ccc1F. The molecule has 1 aromatic carbocycles. The van der Waals surface area contributed by atoms with Crippen molar-refractivity contribution < 1.29 is 13.9 Å². The first-order valence-electron chi connectivity index (χ1n) is 7.13. The quantitative estimate of drug-likeness (QED) is 0.892. The van der Waals surface area contributed by atoms with Crippen LogP contribution in [0.2, 0.25) is 0 Å². The summed E-state index contributed by atoms with van der Waals surface area (Å²) in [6, 6.07) is 4.22. The maximum atomic E-state index is 13.7. The van der Waals surface area contributed by atoms with Gasteiger partial charge in [-0.05, 0) is 31.5 Å². The molecule has 0 aromatic heterocycles. The van der Waals surface area contributed by atoms with Crippen LogP contribution in [0.25, 0.3) is 0 Å². The smallest absolute Gasteiger partial charge is 0.127 e. The molecule has 5 heteroatoms. The lowest BCUT2D eigenvalue weighted by molar-refractivity contribution is 0.0521. The number of aliphatic hydroxyl groups is 1. The van der Waals surface area contributed by atoms with Gasteiger partial charge in [-0.2, -0.15) is 0 Å². The maximum absolute atomic E-state index is 13.7. The van der Waals surface area contributed by atoms with Gasteiger partial charge in [0, 0.05) is 43.8 Å². The summed E-state index contributed by atoms with van der Waals surface area (Å²) in [7, 11) is 0. The van der Waals surface area contributed by atoms with Crippen molar-refractivity contribution in [1.29, 1.82) is 0 Å². The van der Waals surface area contributed by atoms with E-state index in [0.717, 1.165) is 32.1 Å². The van der Waals surface area contributed by atoms with Crippen LogP contribution in [0.15, 0.2) is 18.2 Å². The number of nitrogens with zero attached hydrogens (tertiary/aromatic N) is 2. The third-order valence-corrected chi connectivity index (χ3v) is 4.45. The van der Waals surface area contributed by atoms with Crippen molar-refractivity contribution in [2.75, 3.05) is 19.6 Å². The Morgan fingerprint density at radius 3 is 2.85 bits per heavy atom. The summed E-state index contributed by atoms with van der Waals surface area (Å²) in [5.41, 5.74) is 0.406. The lowest BCUT2D eigenvalue weighted by Gasteiger charge is -2.42. The molecule has 3 rings (SSSR count). The minimum atomic E-state index is -0.399. The largest absolute Gasteiger partial charge is 0.392 e. The van der Waals surface area contributed by atoms with Crippen LogP contribution in [-0.2, 0) is 6.54 Å². The molecule has 0 aliphatic carbocycles. The average molecular weight is 282 g/mol. The van der Waals surface area contributed by atoms with Crippen molar-refractivity contribution in [3.63, 3.8) is 0 Å². The third kappa shape index (κ3) is 2.71. The second kappa shape index (κ2) is 5.39. The highest BCUT2D eigenvalue weighted by molar-refractivity contribution is 5.19. The Morgan fingerprint density at radius 2 is 2.05 bits per heavy atom. The lowest BCUT2D eigenvalue weighted by Crippen LogP contribution is -2.54. The molecule has 1 unspecified atom stereocenters. The van der Waals surface area contributed by atoms with Crippen LogP contribution in [0.3, 0.4) is 0 Å². The van der Waals surface area contributed by atoms with Crippen molar-refractivity contribution in [3.05, 3.63) is 35.4 Å². The van der Waals surface area contributed by atoms with Crippen molar-refractivity contribution >= 4 is 0 Å². The van der Waals surface area contributed by atoms with Crippen molar-refractivity contribution in [2.45, 2.75) is 38.1 Å². The second-order valence-corrected chi connectivity index (χ2v) is 6.01. The van der Waals surface area contributed by atoms with E-state index in [9.17, 15) is 13.9 Å². The normalized spacial score (nSPS) is 31.5. The highest BCUT2D eigenvalue weighted by atomic mass is 19.1. The van der Waals surface area contributed by atoms with Gasteiger partial charge in [0.1, 0.15) is 11.6 Å². The molecule has 20 heavy (non-hydrogen) atoms. The van der Waals surface area contributed by atoms with E-state index in [1.807, 2.05) is 0 Å². The van der Waals surface area contributed by atoms with E-state index in [1.54, 1.807) is 0 Å². The van der Waals surface area contributed by atoms with Gasteiger partial charge < -0.3 is 5.11 Å². The Hall–Kier alpha value is -1.04. The summed E-state index contributed by atoms with van der Waals surface area (Å²) in [5, 5.41) is 9.73. The molecule has 0 amide bonds. The fraction of sp³-hybridized carbons (Fsp3) is 0.600. The van der Waals surface area contributed by atoms with E-state index >= 15 is 0 Å². The molecule has 3 nitrogen and oxygen atoms in total. The van der Waals surface area contributed by atoms with Gasteiger partial charge in [0.25, 0.3) is 0 Å². The molecule has 2 fully saturated rings. The van der Waals surface area contributed by atoms with E-state index in [0.29, 0.717) is 18.2 Å². The number of halogens is 2. The molecule has 1 N–H and O–H groups in total. The van der Waals surface area contributed by atoms with Crippen LogP contribution in [0.4, 0.5) is 8.78 Å². The monoisotopic (exact) mass is 282 g/mol. The highest BCUT2D eigenvalue weighted by Gasteiger charge is 2.38. The van der Waals surface area contributed by atoms with Gasteiger partial charge in [-0.3, -0.25) is 9.80 Å². The molecule has 1 aromatic rings. The fourth-order valence-electron chi connectivity index (χ4n) is 3.38. The molecule has 110 valence electrons. The highest BCUT2D eigenvalue weighted by Crippen LogP contribution is 2.26. The van der Waals surface area contributed by atoms with E-state index in [4.69, 9.17) is 0 Å². The molecule has 3 atom stereocenters. The molecule has 0 bridgehead atoms. The zero-order chi connectivity index (χ0) is 14.3. The number of rotatable bonds is 2. The molecule has 2 saturated heterocycles. The Kier molecular flexibility index (Phi) is 3.75. The number of hydrogen-bond acceptors (Lipinski definition) is 3. The average Bonchev–Trinajstić information content (AvgIpc) is 2.73. The maximum Gasteiger partial charge on any atom is 0.127 e. The number of fused-ring (bicyclic) bond motifs is 1. The Labute approximate surface area is 117 Å². The molecule has 0 saturated carbocycles. The van der Waals surface area contributed by atoms with Crippen LogP contribution < -0.4 is 0 Å². The number of aliphatic hydroxyl groups excluding tert-OH is 1. The van der Waals surface area contributed by atoms with Crippen LogP contribution in [0, 0.1) is 11.6 Å². The second-order valence-electron chi connectivity index (χ2n) is 6.01. The Morgan fingerprint density at radius 1 is 1.25 bits per heavy atom. The molecule has 2 aliphatic rings. The number of piperazine rings is 1. The van der Waals surface area contributed by atoms with Gasteiger partial charge in [0.15, 0.2) is 0 Å². The van der Waals surface area contributed by atoms with Gasteiger partial charge in [-0.1, -0.05) is 0 Å². The fourth-order valence-corrected chi connectivity index (χ4v) is 3.38. The predicted molar refractivity (Wildman–Crippen MR) is 72.2 cm³/mol. The van der Waals surface area contributed by atoms with Gasteiger partial charge in [-0.25, -0.2) is 8.78 Å².